The van der Waals surface area contributed by atoms with Crippen LogP contribution in [-0.2, 0) is 14.3 Å². The Kier molecular flexibility index (Phi) is 6.56. The Labute approximate surface area is 172 Å². The van der Waals surface area contributed by atoms with E-state index in [0.717, 1.165) is 0 Å². The first-order valence-electron chi connectivity index (χ1n) is 8.75. The first kappa shape index (κ1) is 20.5. The minimum absolute atomic E-state index is 0.307. The second-order valence-corrected chi connectivity index (χ2v) is 6.45. The van der Waals surface area contributed by atoms with E-state index in [1.807, 2.05) is 0 Å². The number of halogens is 1. The number of ether oxygens (including phenoxy) is 4. The molecule has 0 fully saturated rings. The van der Waals surface area contributed by atoms with Gasteiger partial charge in [0.15, 0.2) is 17.6 Å². The van der Waals surface area contributed by atoms with Crippen LogP contribution in [0.5, 0.6) is 17.2 Å². The molecule has 0 saturated carbocycles. The Morgan fingerprint density at radius 2 is 2.07 bits per heavy atom. The molecule has 2 aromatic rings. The zero-order valence-electron chi connectivity index (χ0n) is 15.8. The lowest BCUT2D eigenvalue weighted by Crippen LogP contribution is -2.29. The molecule has 29 heavy (non-hydrogen) atoms. The SMILES string of the molecule is COc1cc(/C=C/C(=O)O[C@H](C)C(=O)Nc2ccc(Cl)cn2)cc2c1OCCO2. The number of aromatic nitrogens is 1. The van der Waals surface area contributed by atoms with Gasteiger partial charge in [0.1, 0.15) is 19.0 Å². The summed E-state index contributed by atoms with van der Waals surface area (Å²) in [6.45, 7) is 2.33. The quantitative estimate of drug-likeness (QED) is 0.568. The van der Waals surface area contributed by atoms with Gasteiger partial charge in [-0.2, -0.15) is 0 Å². The van der Waals surface area contributed by atoms with Gasteiger partial charge in [0.05, 0.1) is 12.1 Å². The molecular formula is C20H19ClN2O6. The van der Waals surface area contributed by atoms with Crippen LogP contribution in [0.1, 0.15) is 12.5 Å². The molecule has 0 radical (unpaired) electrons. The summed E-state index contributed by atoms with van der Waals surface area (Å²) < 4.78 is 21.5. The van der Waals surface area contributed by atoms with Gasteiger partial charge >= 0.3 is 5.97 Å². The molecule has 1 N–H and O–H groups in total. The first-order valence-corrected chi connectivity index (χ1v) is 9.13. The maximum Gasteiger partial charge on any atom is 0.331 e. The zero-order chi connectivity index (χ0) is 20.8. The number of esters is 1. The third kappa shape index (κ3) is 5.39. The maximum absolute atomic E-state index is 12.1. The fourth-order valence-electron chi connectivity index (χ4n) is 2.50. The Morgan fingerprint density at radius 1 is 1.28 bits per heavy atom. The summed E-state index contributed by atoms with van der Waals surface area (Å²) in [5, 5.41) is 2.99. The summed E-state index contributed by atoms with van der Waals surface area (Å²) in [6, 6.07) is 6.57. The zero-order valence-corrected chi connectivity index (χ0v) is 16.6. The molecule has 8 nitrogen and oxygen atoms in total. The number of fused-ring (bicyclic) bond motifs is 1. The fraction of sp³-hybridized carbons (Fsp3) is 0.250. The van der Waals surface area contributed by atoms with Crippen molar-refractivity contribution in [3.05, 3.63) is 47.1 Å². The van der Waals surface area contributed by atoms with Crippen LogP contribution in [0.25, 0.3) is 6.08 Å². The standard InChI is InChI=1S/C20H19ClN2O6/c1-12(20(25)23-17-5-4-14(21)11-22-17)29-18(24)6-3-13-9-15(26-2)19-16(10-13)27-7-8-28-19/h3-6,9-12H,7-8H2,1-2H3,(H,22,23,25)/b6-3+/t12-/m1/s1. The molecule has 0 aliphatic carbocycles. The maximum atomic E-state index is 12.1. The molecule has 152 valence electrons. The van der Waals surface area contributed by atoms with Gasteiger partial charge in [-0.05, 0) is 42.8 Å². The Hall–Kier alpha value is -3.26. The van der Waals surface area contributed by atoms with Crippen molar-refractivity contribution in [2.24, 2.45) is 0 Å². The van der Waals surface area contributed by atoms with Crippen LogP contribution in [-0.4, -0.2) is 43.3 Å². The number of carbonyl (C=O) groups excluding carboxylic acids is 2. The average Bonchev–Trinajstić information content (AvgIpc) is 2.73. The second kappa shape index (κ2) is 9.29. The predicted molar refractivity (Wildman–Crippen MR) is 106 cm³/mol. The molecule has 3 rings (SSSR count). The van der Waals surface area contributed by atoms with Gasteiger partial charge in [0, 0.05) is 12.3 Å². The summed E-state index contributed by atoms with van der Waals surface area (Å²) in [7, 11) is 1.52. The number of anilines is 1. The molecule has 1 atom stereocenters. The summed E-state index contributed by atoms with van der Waals surface area (Å²) in [6.07, 6.45) is 3.14. The molecule has 1 aromatic heterocycles. The van der Waals surface area contributed by atoms with E-state index in [1.165, 1.54) is 32.4 Å². The molecule has 1 amide bonds. The average molecular weight is 419 g/mol. The normalized spacial score (nSPS) is 13.6. The fourth-order valence-corrected chi connectivity index (χ4v) is 2.61. The van der Waals surface area contributed by atoms with Crippen LogP contribution in [0.4, 0.5) is 5.82 Å². The third-order valence-electron chi connectivity index (χ3n) is 3.90. The molecule has 0 spiro atoms. The predicted octanol–water partition coefficient (Wildman–Crippen LogP) is 3.10. The highest BCUT2D eigenvalue weighted by Crippen LogP contribution is 2.40. The summed E-state index contributed by atoms with van der Waals surface area (Å²) >= 11 is 5.75. The molecule has 0 bridgehead atoms. The second-order valence-electron chi connectivity index (χ2n) is 6.01. The monoisotopic (exact) mass is 418 g/mol. The lowest BCUT2D eigenvalue weighted by atomic mass is 10.1. The summed E-state index contributed by atoms with van der Waals surface area (Å²) in [5.74, 6) is 0.680. The van der Waals surface area contributed by atoms with Crippen molar-refractivity contribution in [2.75, 3.05) is 25.6 Å². The van der Waals surface area contributed by atoms with Crippen LogP contribution in [0.3, 0.4) is 0 Å². The largest absolute Gasteiger partial charge is 0.493 e. The van der Waals surface area contributed by atoms with E-state index < -0.39 is 18.0 Å². The van der Waals surface area contributed by atoms with Gasteiger partial charge in [-0.1, -0.05) is 11.6 Å². The smallest absolute Gasteiger partial charge is 0.331 e. The summed E-state index contributed by atoms with van der Waals surface area (Å²) in [5.41, 5.74) is 0.658. The minimum Gasteiger partial charge on any atom is -0.493 e. The van der Waals surface area contributed by atoms with Gasteiger partial charge in [0.2, 0.25) is 5.75 Å². The molecule has 0 unspecified atom stereocenters. The van der Waals surface area contributed by atoms with Crippen molar-refractivity contribution in [3.8, 4) is 17.2 Å². The molecule has 1 aliphatic rings. The lowest BCUT2D eigenvalue weighted by molar-refractivity contribution is -0.148. The highest BCUT2D eigenvalue weighted by molar-refractivity contribution is 6.30. The first-order chi connectivity index (χ1) is 14.0. The number of hydrogen-bond donors (Lipinski definition) is 1. The van der Waals surface area contributed by atoms with Crippen molar-refractivity contribution in [1.29, 1.82) is 0 Å². The number of nitrogens with zero attached hydrogens (tertiary/aromatic N) is 1. The van der Waals surface area contributed by atoms with Crippen molar-refractivity contribution in [3.63, 3.8) is 0 Å². The number of hydrogen-bond acceptors (Lipinski definition) is 7. The number of methoxy groups -OCH3 is 1. The Bertz CT molecular complexity index is 912. The van der Waals surface area contributed by atoms with Crippen molar-refractivity contribution < 1.29 is 28.5 Å². The van der Waals surface area contributed by atoms with E-state index in [4.69, 9.17) is 30.5 Å². The van der Waals surface area contributed by atoms with Gasteiger partial charge in [-0.3, -0.25) is 4.79 Å². The van der Waals surface area contributed by atoms with Gasteiger partial charge < -0.3 is 24.3 Å². The molecular weight excluding hydrogens is 400 g/mol. The van der Waals surface area contributed by atoms with Crippen LogP contribution in [0.2, 0.25) is 5.02 Å². The van der Waals surface area contributed by atoms with E-state index in [-0.39, 0.29) is 0 Å². The highest BCUT2D eigenvalue weighted by atomic mass is 35.5. The number of rotatable bonds is 6. The van der Waals surface area contributed by atoms with E-state index in [1.54, 1.807) is 24.3 Å². The van der Waals surface area contributed by atoms with E-state index in [9.17, 15) is 9.59 Å². The molecule has 9 heteroatoms. The van der Waals surface area contributed by atoms with Crippen LogP contribution in [0, 0.1) is 0 Å². The lowest BCUT2D eigenvalue weighted by Gasteiger charge is -2.20. The Balaban J connectivity index is 1.60. The number of nitrogens with one attached hydrogen (secondary N) is 1. The molecule has 1 aliphatic heterocycles. The van der Waals surface area contributed by atoms with E-state index in [0.29, 0.717) is 46.9 Å². The van der Waals surface area contributed by atoms with E-state index >= 15 is 0 Å². The Morgan fingerprint density at radius 3 is 2.79 bits per heavy atom. The highest BCUT2D eigenvalue weighted by Gasteiger charge is 2.19. The van der Waals surface area contributed by atoms with Crippen molar-refractivity contribution in [1.82, 2.24) is 4.98 Å². The third-order valence-corrected chi connectivity index (χ3v) is 4.13. The minimum atomic E-state index is -1.01. The number of pyridine rings is 1. The topological polar surface area (TPSA) is 96.0 Å². The molecule has 0 saturated heterocycles. The van der Waals surface area contributed by atoms with E-state index in [2.05, 4.69) is 10.3 Å². The van der Waals surface area contributed by atoms with Crippen LogP contribution < -0.4 is 19.5 Å². The number of benzene rings is 1. The number of amides is 1. The van der Waals surface area contributed by atoms with Gasteiger partial charge in [-0.25, -0.2) is 9.78 Å². The van der Waals surface area contributed by atoms with Crippen LogP contribution >= 0.6 is 11.6 Å². The molecule has 1 aromatic carbocycles. The van der Waals surface area contributed by atoms with Gasteiger partial charge in [0.25, 0.3) is 5.91 Å². The summed E-state index contributed by atoms with van der Waals surface area (Å²) in [4.78, 5) is 28.1. The molecule has 2 heterocycles. The van der Waals surface area contributed by atoms with Crippen molar-refractivity contribution >= 4 is 35.4 Å². The van der Waals surface area contributed by atoms with Crippen LogP contribution in [0.15, 0.2) is 36.5 Å². The van der Waals surface area contributed by atoms with Gasteiger partial charge in [-0.15, -0.1) is 0 Å². The number of carbonyl (C=O) groups is 2. The van der Waals surface area contributed by atoms with Crippen molar-refractivity contribution in [2.45, 2.75) is 13.0 Å².